The lowest BCUT2D eigenvalue weighted by molar-refractivity contribution is 0.0910. The number of nitrogens with zero attached hydrogens (tertiary/aromatic N) is 1. The molecule has 2 aliphatic carbocycles. The van der Waals surface area contributed by atoms with Crippen molar-refractivity contribution in [2.75, 3.05) is 7.11 Å². The molecule has 28 heavy (non-hydrogen) atoms. The number of ketones is 2. The van der Waals surface area contributed by atoms with Gasteiger partial charge in [-0.3, -0.25) is 9.59 Å². The Morgan fingerprint density at radius 1 is 1.21 bits per heavy atom. The van der Waals surface area contributed by atoms with Crippen LogP contribution in [-0.2, 0) is 22.6 Å². The minimum atomic E-state index is -0.921. The van der Waals surface area contributed by atoms with Crippen molar-refractivity contribution in [1.29, 1.82) is 0 Å². The molecule has 1 amide bonds. The second kappa shape index (κ2) is 5.82. The molecular weight excluding hydrogens is 360 g/mol. The lowest BCUT2D eigenvalue weighted by Crippen LogP contribution is -2.21. The first-order chi connectivity index (χ1) is 13.5. The zero-order chi connectivity index (χ0) is 19.6. The van der Waals surface area contributed by atoms with Crippen LogP contribution in [0, 0.1) is 5.92 Å². The molecule has 0 spiro atoms. The zero-order valence-corrected chi connectivity index (χ0v) is 15.2. The molecule has 142 valence electrons. The number of carbonyl (C=O) groups is 3. The van der Waals surface area contributed by atoms with Crippen LogP contribution in [0.3, 0.4) is 0 Å². The Morgan fingerprint density at radius 2 is 1.96 bits per heavy atom. The highest BCUT2D eigenvalue weighted by Gasteiger charge is 2.59. The molecule has 7 nitrogen and oxygen atoms in total. The monoisotopic (exact) mass is 378 g/mol. The second-order valence-corrected chi connectivity index (χ2v) is 7.34. The summed E-state index contributed by atoms with van der Waals surface area (Å²) in [7, 11) is 1.35. The Kier molecular flexibility index (Phi) is 3.49. The maximum absolute atomic E-state index is 12.9. The largest absolute Gasteiger partial charge is 0.492 e. The van der Waals surface area contributed by atoms with Gasteiger partial charge in [-0.15, -0.1) is 0 Å². The fraction of sp³-hybridized carbons (Fsp3) is 0.286. The number of hydrogen-bond acceptors (Lipinski definition) is 5. The molecule has 3 atom stereocenters. The number of hydrogen-bond donors (Lipinski definition) is 1. The van der Waals surface area contributed by atoms with E-state index in [0.717, 1.165) is 5.69 Å². The summed E-state index contributed by atoms with van der Waals surface area (Å²) in [6.07, 6.45) is 0.311. The van der Waals surface area contributed by atoms with Gasteiger partial charge in [-0.05, 0) is 17.4 Å². The van der Waals surface area contributed by atoms with Gasteiger partial charge in [0, 0.05) is 29.8 Å². The van der Waals surface area contributed by atoms with Crippen LogP contribution in [0.25, 0.3) is 0 Å². The van der Waals surface area contributed by atoms with Crippen LogP contribution in [0.4, 0.5) is 4.79 Å². The molecule has 1 aliphatic heterocycles. The molecule has 2 N–H and O–H groups in total. The Bertz CT molecular complexity index is 1070. The number of rotatable bonds is 4. The third kappa shape index (κ3) is 2.19. The van der Waals surface area contributed by atoms with Crippen LogP contribution in [0.15, 0.2) is 42.2 Å². The Morgan fingerprint density at radius 3 is 2.64 bits per heavy atom. The van der Waals surface area contributed by atoms with Gasteiger partial charge in [0.15, 0.2) is 5.76 Å². The van der Waals surface area contributed by atoms with Gasteiger partial charge in [0.25, 0.3) is 0 Å². The molecule has 0 unspecified atom stereocenters. The standard InChI is InChI=1S/C21H18N2O5/c1-27-14-7-13(24)19-17(20(14)25)12(9-28-21(22)26)18-16-11(8-23(18)19)15(16)10-5-3-2-4-6-10/h2-7,11,15-16H,8-9H2,1H3,(H2,22,26)/t11-,15-,16-/m0/s1. The van der Waals surface area contributed by atoms with Crippen LogP contribution in [-0.4, -0.2) is 29.3 Å². The van der Waals surface area contributed by atoms with E-state index in [-0.39, 0.29) is 35.4 Å². The predicted octanol–water partition coefficient (Wildman–Crippen LogP) is 2.50. The molecule has 1 saturated carbocycles. The Hall–Kier alpha value is -3.35. The van der Waals surface area contributed by atoms with Gasteiger partial charge < -0.3 is 19.8 Å². The number of Topliss-reactive ketones (excluding diaryl/α,β-unsaturated/α-hetero) is 1. The third-order valence-corrected chi connectivity index (χ3v) is 6.00. The summed E-state index contributed by atoms with van der Waals surface area (Å²) in [5.74, 6) is 0.245. The molecule has 7 heteroatoms. The number of nitrogens with two attached hydrogens (primary N) is 1. The van der Waals surface area contributed by atoms with E-state index in [2.05, 4.69) is 12.1 Å². The average Bonchev–Trinajstić information content (AvgIpc) is 3.09. The lowest BCUT2D eigenvalue weighted by Gasteiger charge is -2.14. The van der Waals surface area contributed by atoms with E-state index >= 15 is 0 Å². The number of ether oxygens (including phenoxy) is 2. The summed E-state index contributed by atoms with van der Waals surface area (Å²) in [4.78, 5) is 36.8. The third-order valence-electron chi connectivity index (χ3n) is 6.00. The van der Waals surface area contributed by atoms with Crippen molar-refractivity contribution in [3.05, 3.63) is 70.2 Å². The number of methoxy groups -OCH3 is 1. The van der Waals surface area contributed by atoms with Crippen molar-refractivity contribution in [3.8, 4) is 0 Å². The molecule has 1 aromatic carbocycles. The highest BCUT2D eigenvalue weighted by Crippen LogP contribution is 2.66. The highest BCUT2D eigenvalue weighted by molar-refractivity contribution is 6.24. The predicted molar refractivity (Wildman–Crippen MR) is 98.0 cm³/mol. The molecule has 2 heterocycles. The minimum Gasteiger partial charge on any atom is -0.492 e. The molecule has 2 aromatic rings. The van der Waals surface area contributed by atoms with Gasteiger partial charge in [-0.2, -0.15) is 0 Å². The number of benzene rings is 1. The Balaban J connectivity index is 1.63. The Labute approximate surface area is 160 Å². The van der Waals surface area contributed by atoms with Crippen LogP contribution >= 0.6 is 0 Å². The molecule has 0 bridgehead atoms. The summed E-state index contributed by atoms with van der Waals surface area (Å²) >= 11 is 0. The molecule has 5 rings (SSSR count). The van der Waals surface area contributed by atoms with E-state index in [1.807, 2.05) is 22.8 Å². The van der Waals surface area contributed by atoms with Gasteiger partial charge in [0.05, 0.1) is 12.7 Å². The number of aromatic nitrogens is 1. The van der Waals surface area contributed by atoms with Crippen molar-refractivity contribution in [2.24, 2.45) is 11.7 Å². The summed E-state index contributed by atoms with van der Waals surface area (Å²) in [6, 6.07) is 10.2. The number of fused-ring (bicyclic) bond motifs is 5. The lowest BCUT2D eigenvalue weighted by atomic mass is 9.95. The van der Waals surface area contributed by atoms with Crippen LogP contribution in [0.1, 0.15) is 49.5 Å². The quantitative estimate of drug-likeness (QED) is 0.881. The molecular formula is C21H18N2O5. The zero-order valence-electron chi connectivity index (χ0n) is 15.2. The second-order valence-electron chi connectivity index (χ2n) is 7.34. The topological polar surface area (TPSA) is 101 Å². The molecule has 0 saturated heterocycles. The first-order valence-electron chi connectivity index (χ1n) is 9.10. The minimum absolute atomic E-state index is 0.00550. The van der Waals surface area contributed by atoms with Crippen molar-refractivity contribution < 1.29 is 23.9 Å². The molecule has 1 aromatic heterocycles. The normalized spacial score (nSPS) is 24.2. The highest BCUT2D eigenvalue weighted by atomic mass is 16.5. The number of carbonyl (C=O) groups excluding carboxylic acids is 3. The summed E-state index contributed by atoms with van der Waals surface area (Å²) < 4.78 is 12.1. The first kappa shape index (κ1) is 16.8. The molecule has 3 aliphatic rings. The van der Waals surface area contributed by atoms with E-state index in [4.69, 9.17) is 15.2 Å². The summed E-state index contributed by atoms with van der Waals surface area (Å²) in [5, 5.41) is 0. The van der Waals surface area contributed by atoms with Crippen molar-refractivity contribution in [3.63, 3.8) is 0 Å². The van der Waals surface area contributed by atoms with Crippen LogP contribution in [0.5, 0.6) is 0 Å². The summed E-state index contributed by atoms with van der Waals surface area (Å²) in [6.45, 7) is 0.522. The van der Waals surface area contributed by atoms with Gasteiger partial charge in [-0.1, -0.05) is 30.3 Å². The first-order valence-corrected chi connectivity index (χ1v) is 9.10. The SMILES string of the molecule is COC1=CC(=O)c2c(c(COC(N)=O)c3n2C[C@H]2[C@H](c4ccccc4)[C@@H]32)C1=O. The van der Waals surface area contributed by atoms with Crippen molar-refractivity contribution in [2.45, 2.75) is 25.0 Å². The number of amides is 1. The smallest absolute Gasteiger partial charge is 0.404 e. The van der Waals surface area contributed by atoms with E-state index in [0.29, 0.717) is 29.6 Å². The van der Waals surface area contributed by atoms with E-state index in [1.165, 1.54) is 18.7 Å². The van der Waals surface area contributed by atoms with Crippen molar-refractivity contribution in [1.82, 2.24) is 4.57 Å². The fourth-order valence-electron chi connectivity index (χ4n) is 4.89. The summed E-state index contributed by atoms with van der Waals surface area (Å²) in [5.41, 5.74) is 8.50. The number of primary amides is 1. The maximum Gasteiger partial charge on any atom is 0.404 e. The van der Waals surface area contributed by atoms with E-state index in [9.17, 15) is 14.4 Å². The molecule has 0 radical (unpaired) electrons. The van der Waals surface area contributed by atoms with Crippen molar-refractivity contribution >= 4 is 17.7 Å². The van der Waals surface area contributed by atoms with Gasteiger partial charge in [0.1, 0.15) is 12.3 Å². The molecule has 1 fully saturated rings. The van der Waals surface area contributed by atoms with E-state index in [1.54, 1.807) is 0 Å². The van der Waals surface area contributed by atoms with Crippen LogP contribution in [0.2, 0.25) is 0 Å². The van der Waals surface area contributed by atoms with Crippen LogP contribution < -0.4 is 5.73 Å². The van der Waals surface area contributed by atoms with E-state index < -0.39 is 6.09 Å². The van der Waals surface area contributed by atoms with Gasteiger partial charge >= 0.3 is 6.09 Å². The number of allylic oxidation sites excluding steroid dienone is 2. The van der Waals surface area contributed by atoms with Gasteiger partial charge in [-0.25, -0.2) is 4.79 Å². The average molecular weight is 378 g/mol. The fourth-order valence-corrected chi connectivity index (χ4v) is 4.89. The maximum atomic E-state index is 12.9. The van der Waals surface area contributed by atoms with Gasteiger partial charge in [0.2, 0.25) is 11.6 Å².